The van der Waals surface area contributed by atoms with Crippen LogP contribution in [0.1, 0.15) is 18.5 Å². The quantitative estimate of drug-likeness (QED) is 0.636. The van der Waals surface area contributed by atoms with E-state index in [-0.39, 0.29) is 12.5 Å². The molecule has 1 fully saturated rings. The molecule has 9 nitrogen and oxygen atoms in total. The molecule has 3 N–H and O–H groups in total. The molecule has 140 valence electrons. The second kappa shape index (κ2) is 7.69. The van der Waals surface area contributed by atoms with Crippen molar-refractivity contribution >= 4 is 17.5 Å². The lowest BCUT2D eigenvalue weighted by Crippen LogP contribution is -2.45. The van der Waals surface area contributed by atoms with E-state index in [2.05, 4.69) is 25.7 Å². The Labute approximate surface area is 152 Å². The van der Waals surface area contributed by atoms with Gasteiger partial charge in [0.05, 0.1) is 0 Å². The van der Waals surface area contributed by atoms with Crippen LogP contribution >= 0.6 is 0 Å². The number of β-amino-alcohol motifs (C(OH)–C–C–N with tert-alkyl or cyclic N) is 1. The molecule has 0 aromatic carbocycles. The van der Waals surface area contributed by atoms with Gasteiger partial charge in [-0.15, -0.1) is 0 Å². The summed E-state index contributed by atoms with van der Waals surface area (Å²) in [6.07, 6.45) is 4.79. The summed E-state index contributed by atoms with van der Waals surface area (Å²) in [5, 5.41) is 20.7. The monoisotopic (exact) mass is 359 g/mol. The Balaban J connectivity index is 1.48. The van der Waals surface area contributed by atoms with E-state index in [1.54, 1.807) is 17.9 Å². The van der Waals surface area contributed by atoms with Gasteiger partial charge in [0.2, 0.25) is 5.91 Å². The smallest absolute Gasteiger partial charge is 0.220 e. The summed E-state index contributed by atoms with van der Waals surface area (Å²) in [4.78, 5) is 22.5. The summed E-state index contributed by atoms with van der Waals surface area (Å²) in [6, 6.07) is 3.75. The molecule has 1 amide bonds. The molecule has 2 aromatic heterocycles. The largest absolute Gasteiger partial charge is 0.386 e. The number of nitrogens with zero attached hydrogens (tertiary/aromatic N) is 5. The van der Waals surface area contributed by atoms with E-state index in [0.29, 0.717) is 32.4 Å². The molecule has 26 heavy (non-hydrogen) atoms. The minimum Gasteiger partial charge on any atom is -0.386 e. The number of hydrogen-bond acceptors (Lipinski definition) is 7. The van der Waals surface area contributed by atoms with Crippen molar-refractivity contribution in [3.8, 4) is 0 Å². The topological polar surface area (TPSA) is 108 Å². The standard InChI is InChI=1S/C17H25N7O2/c1-18-14-9-15(21-12-20-14)24-8-6-17(26,11-24)10-19-16(25)4-3-13-5-7-22-23(13)2/h5,7,9,12,26H,3-4,6,8,10-11H2,1-2H3,(H,19,25)(H,18,20,21). The zero-order valence-corrected chi connectivity index (χ0v) is 15.1. The van der Waals surface area contributed by atoms with Crippen LogP contribution in [0.2, 0.25) is 0 Å². The summed E-state index contributed by atoms with van der Waals surface area (Å²) < 4.78 is 1.76. The number of rotatable bonds is 7. The number of aromatic nitrogens is 4. The summed E-state index contributed by atoms with van der Waals surface area (Å²) >= 11 is 0. The molecule has 0 spiro atoms. The maximum absolute atomic E-state index is 12.1. The maximum Gasteiger partial charge on any atom is 0.220 e. The Morgan fingerprint density at radius 3 is 3.00 bits per heavy atom. The first kappa shape index (κ1) is 18.1. The van der Waals surface area contributed by atoms with Gasteiger partial charge >= 0.3 is 0 Å². The summed E-state index contributed by atoms with van der Waals surface area (Å²) in [5.41, 5.74) is 0.0578. The third-order valence-electron chi connectivity index (χ3n) is 4.71. The first-order valence-electron chi connectivity index (χ1n) is 8.70. The summed E-state index contributed by atoms with van der Waals surface area (Å²) in [7, 11) is 3.66. The highest BCUT2D eigenvalue weighted by Gasteiger charge is 2.37. The molecule has 1 aliphatic heterocycles. The number of carbonyl (C=O) groups is 1. The highest BCUT2D eigenvalue weighted by Crippen LogP contribution is 2.25. The molecule has 1 saturated heterocycles. The molecule has 9 heteroatoms. The lowest BCUT2D eigenvalue weighted by molar-refractivity contribution is -0.122. The molecular weight excluding hydrogens is 334 g/mol. The van der Waals surface area contributed by atoms with Crippen molar-refractivity contribution in [2.75, 3.05) is 36.9 Å². The minimum atomic E-state index is -0.951. The van der Waals surface area contributed by atoms with Gasteiger partial charge in [-0.1, -0.05) is 0 Å². The van der Waals surface area contributed by atoms with Crippen molar-refractivity contribution in [1.29, 1.82) is 0 Å². The second-order valence-corrected chi connectivity index (χ2v) is 6.63. The lowest BCUT2D eigenvalue weighted by atomic mass is 10.0. The molecule has 1 unspecified atom stereocenters. The Hall–Kier alpha value is -2.68. The van der Waals surface area contributed by atoms with Gasteiger partial charge in [-0.3, -0.25) is 9.48 Å². The molecule has 0 saturated carbocycles. The van der Waals surface area contributed by atoms with Crippen LogP contribution in [-0.4, -0.2) is 63.0 Å². The van der Waals surface area contributed by atoms with Gasteiger partial charge in [-0.25, -0.2) is 9.97 Å². The minimum absolute atomic E-state index is 0.0717. The van der Waals surface area contributed by atoms with Crippen LogP contribution < -0.4 is 15.5 Å². The van der Waals surface area contributed by atoms with Crippen molar-refractivity contribution < 1.29 is 9.90 Å². The average molecular weight is 359 g/mol. The molecule has 0 bridgehead atoms. The number of anilines is 2. The van der Waals surface area contributed by atoms with Gasteiger partial charge in [0.25, 0.3) is 0 Å². The summed E-state index contributed by atoms with van der Waals surface area (Å²) in [5.74, 6) is 1.43. The Morgan fingerprint density at radius 1 is 1.42 bits per heavy atom. The fourth-order valence-electron chi connectivity index (χ4n) is 3.09. The van der Waals surface area contributed by atoms with Crippen LogP contribution in [0, 0.1) is 0 Å². The third-order valence-corrected chi connectivity index (χ3v) is 4.71. The van der Waals surface area contributed by atoms with Crippen LogP contribution in [0.25, 0.3) is 0 Å². The van der Waals surface area contributed by atoms with Gasteiger partial charge in [-0.2, -0.15) is 5.10 Å². The van der Waals surface area contributed by atoms with E-state index >= 15 is 0 Å². The fourth-order valence-corrected chi connectivity index (χ4v) is 3.09. The Kier molecular flexibility index (Phi) is 5.36. The predicted molar refractivity (Wildman–Crippen MR) is 97.9 cm³/mol. The van der Waals surface area contributed by atoms with Crippen LogP contribution in [0.3, 0.4) is 0 Å². The molecule has 1 atom stereocenters. The van der Waals surface area contributed by atoms with Gasteiger partial charge in [0.1, 0.15) is 23.6 Å². The van der Waals surface area contributed by atoms with E-state index in [9.17, 15) is 9.90 Å². The first-order valence-corrected chi connectivity index (χ1v) is 8.70. The molecular formula is C17H25N7O2. The SMILES string of the molecule is CNc1cc(N2CCC(O)(CNC(=O)CCc3ccnn3C)C2)ncn1. The van der Waals surface area contributed by atoms with Gasteiger partial charge in [0.15, 0.2) is 0 Å². The Bertz CT molecular complexity index is 763. The molecule has 2 aromatic rings. The van der Waals surface area contributed by atoms with Crippen LogP contribution in [0.4, 0.5) is 11.6 Å². The van der Waals surface area contributed by atoms with E-state index in [1.807, 2.05) is 24.1 Å². The predicted octanol–water partition coefficient (Wildman–Crippen LogP) is -0.0580. The van der Waals surface area contributed by atoms with E-state index < -0.39 is 5.60 Å². The van der Waals surface area contributed by atoms with Crippen LogP contribution in [0.5, 0.6) is 0 Å². The van der Waals surface area contributed by atoms with Crippen molar-refractivity contribution in [1.82, 2.24) is 25.1 Å². The number of amides is 1. The fraction of sp³-hybridized carbons (Fsp3) is 0.529. The van der Waals surface area contributed by atoms with Crippen molar-refractivity contribution in [2.24, 2.45) is 7.05 Å². The van der Waals surface area contributed by atoms with E-state index in [4.69, 9.17) is 0 Å². The second-order valence-electron chi connectivity index (χ2n) is 6.63. The third kappa shape index (κ3) is 4.29. The number of aliphatic hydroxyl groups is 1. The zero-order valence-electron chi connectivity index (χ0n) is 15.1. The van der Waals surface area contributed by atoms with Crippen molar-refractivity contribution in [3.63, 3.8) is 0 Å². The van der Waals surface area contributed by atoms with E-state index in [1.165, 1.54) is 6.33 Å². The van der Waals surface area contributed by atoms with Crippen molar-refractivity contribution in [2.45, 2.75) is 24.9 Å². The lowest BCUT2D eigenvalue weighted by Gasteiger charge is -2.24. The van der Waals surface area contributed by atoms with Crippen molar-refractivity contribution in [3.05, 3.63) is 30.4 Å². The number of nitrogens with one attached hydrogen (secondary N) is 2. The number of carbonyl (C=O) groups excluding carboxylic acids is 1. The molecule has 0 aliphatic carbocycles. The molecule has 3 heterocycles. The number of hydrogen-bond donors (Lipinski definition) is 3. The highest BCUT2D eigenvalue weighted by molar-refractivity contribution is 5.76. The molecule has 0 radical (unpaired) electrons. The zero-order chi connectivity index (χ0) is 18.6. The molecule has 3 rings (SSSR count). The highest BCUT2D eigenvalue weighted by atomic mass is 16.3. The first-order chi connectivity index (χ1) is 12.5. The van der Waals surface area contributed by atoms with Gasteiger partial charge in [-0.05, 0) is 18.9 Å². The normalized spacial score (nSPS) is 19.6. The average Bonchev–Trinajstić information content (AvgIpc) is 3.24. The summed E-state index contributed by atoms with van der Waals surface area (Å²) in [6.45, 7) is 1.34. The maximum atomic E-state index is 12.1. The van der Waals surface area contributed by atoms with Crippen LogP contribution in [0.15, 0.2) is 24.7 Å². The van der Waals surface area contributed by atoms with E-state index in [0.717, 1.165) is 17.3 Å². The van der Waals surface area contributed by atoms with Gasteiger partial charge < -0.3 is 20.6 Å². The number of aryl methyl sites for hydroxylation is 2. The van der Waals surface area contributed by atoms with Gasteiger partial charge in [0, 0.05) is 58.1 Å². The Morgan fingerprint density at radius 2 is 2.27 bits per heavy atom. The molecule has 1 aliphatic rings. The van der Waals surface area contributed by atoms with Crippen LogP contribution in [-0.2, 0) is 18.3 Å².